The van der Waals surface area contributed by atoms with Crippen LogP contribution in [0.5, 0.6) is 0 Å². The van der Waals surface area contributed by atoms with Gasteiger partial charge in [-0.3, -0.25) is 14.9 Å². The molecule has 4 aromatic rings. The summed E-state index contributed by atoms with van der Waals surface area (Å²) >= 11 is 0. The molecule has 31 heavy (non-hydrogen) atoms. The largest absolute Gasteiger partial charge is 0.477 e. The highest BCUT2D eigenvalue weighted by molar-refractivity contribution is 6.04. The summed E-state index contributed by atoms with van der Waals surface area (Å²) in [6.45, 7) is 1.85. The van der Waals surface area contributed by atoms with E-state index in [0.717, 1.165) is 33.3 Å². The van der Waals surface area contributed by atoms with Crippen molar-refractivity contribution in [1.29, 1.82) is 0 Å². The first kappa shape index (κ1) is 20.2. The Balaban J connectivity index is 1.58. The van der Waals surface area contributed by atoms with Crippen LogP contribution in [0.2, 0.25) is 0 Å². The fourth-order valence-electron chi connectivity index (χ4n) is 3.52. The molecule has 0 aliphatic heterocycles. The number of pyridine rings is 1. The quantitative estimate of drug-likeness (QED) is 0.382. The maximum atomic E-state index is 12.4. The number of carboxylic acids is 1. The van der Waals surface area contributed by atoms with Crippen LogP contribution in [-0.2, 0) is 13.0 Å². The van der Waals surface area contributed by atoms with Crippen molar-refractivity contribution in [2.75, 3.05) is 5.32 Å². The van der Waals surface area contributed by atoms with Crippen LogP contribution < -0.4 is 5.32 Å². The molecule has 0 atom stereocenters. The monoisotopic (exact) mass is 416 g/mol. The van der Waals surface area contributed by atoms with Crippen LogP contribution in [0.3, 0.4) is 0 Å². The standard InChI is InChI=1S/C23H20N4O4/c1-13-8-16(12-28)18-7-3-5-15(21(18)24-13)9-14-4-2-6-17(10-14)25-22(29)19-11-20(23(30)31)27-26-19/h2-8,10-11,28H,9,12H2,1H3,(H,25,29)(H,26,27)(H,30,31). The molecule has 4 rings (SSSR count). The predicted molar refractivity (Wildman–Crippen MR) is 115 cm³/mol. The van der Waals surface area contributed by atoms with Crippen molar-refractivity contribution in [1.82, 2.24) is 15.2 Å². The molecule has 4 N–H and O–H groups in total. The van der Waals surface area contributed by atoms with Crippen molar-refractivity contribution in [3.05, 3.63) is 88.4 Å². The van der Waals surface area contributed by atoms with Gasteiger partial charge in [0.25, 0.3) is 5.91 Å². The van der Waals surface area contributed by atoms with Crippen LogP contribution in [0.4, 0.5) is 5.69 Å². The van der Waals surface area contributed by atoms with Crippen molar-refractivity contribution < 1.29 is 19.8 Å². The van der Waals surface area contributed by atoms with Crippen LogP contribution in [-0.4, -0.2) is 37.3 Å². The van der Waals surface area contributed by atoms with Crippen LogP contribution >= 0.6 is 0 Å². The van der Waals surface area contributed by atoms with Crippen molar-refractivity contribution in [3.63, 3.8) is 0 Å². The van der Waals surface area contributed by atoms with E-state index < -0.39 is 11.9 Å². The normalized spacial score (nSPS) is 10.9. The zero-order valence-corrected chi connectivity index (χ0v) is 16.7. The summed E-state index contributed by atoms with van der Waals surface area (Å²) in [4.78, 5) is 28.0. The number of carbonyl (C=O) groups is 2. The predicted octanol–water partition coefficient (Wildman–Crippen LogP) is 3.30. The van der Waals surface area contributed by atoms with Crippen molar-refractivity contribution in [2.24, 2.45) is 0 Å². The molecule has 0 saturated carbocycles. The molecule has 0 unspecified atom stereocenters. The number of carbonyl (C=O) groups excluding carboxylic acids is 1. The first-order valence-corrected chi connectivity index (χ1v) is 9.62. The van der Waals surface area contributed by atoms with Gasteiger partial charge in [0.2, 0.25) is 0 Å². The van der Waals surface area contributed by atoms with Gasteiger partial charge in [-0.25, -0.2) is 4.79 Å². The zero-order chi connectivity index (χ0) is 22.0. The smallest absolute Gasteiger partial charge is 0.353 e. The van der Waals surface area contributed by atoms with Crippen LogP contribution in [0.15, 0.2) is 54.6 Å². The third-order valence-electron chi connectivity index (χ3n) is 4.93. The second-order valence-corrected chi connectivity index (χ2v) is 7.20. The minimum Gasteiger partial charge on any atom is -0.477 e. The molecule has 0 aliphatic rings. The summed E-state index contributed by atoms with van der Waals surface area (Å²) in [5.74, 6) is -1.69. The van der Waals surface area contributed by atoms with Crippen molar-refractivity contribution in [3.8, 4) is 0 Å². The van der Waals surface area contributed by atoms with Crippen molar-refractivity contribution in [2.45, 2.75) is 20.0 Å². The number of carboxylic acid groups (broad SMARTS) is 1. The van der Waals surface area contributed by atoms with Gasteiger partial charge in [-0.1, -0.05) is 30.3 Å². The van der Waals surface area contributed by atoms with Gasteiger partial charge in [-0.2, -0.15) is 5.10 Å². The van der Waals surface area contributed by atoms with E-state index in [4.69, 9.17) is 5.11 Å². The number of aromatic carboxylic acids is 1. The number of anilines is 1. The number of aromatic nitrogens is 3. The van der Waals surface area contributed by atoms with E-state index >= 15 is 0 Å². The summed E-state index contributed by atoms with van der Waals surface area (Å²) in [6, 6.07) is 16.3. The lowest BCUT2D eigenvalue weighted by atomic mass is 9.99. The first-order valence-electron chi connectivity index (χ1n) is 9.62. The fourth-order valence-corrected chi connectivity index (χ4v) is 3.52. The number of aliphatic hydroxyl groups excluding tert-OH is 1. The number of aryl methyl sites for hydroxylation is 1. The van der Waals surface area contributed by atoms with E-state index in [0.29, 0.717) is 12.1 Å². The molecule has 2 aromatic heterocycles. The number of hydrogen-bond donors (Lipinski definition) is 4. The first-order chi connectivity index (χ1) is 14.9. The molecule has 2 heterocycles. The third-order valence-corrected chi connectivity index (χ3v) is 4.93. The topological polar surface area (TPSA) is 128 Å². The van der Waals surface area contributed by atoms with Gasteiger partial charge in [-0.05, 0) is 48.2 Å². The zero-order valence-electron chi connectivity index (χ0n) is 16.7. The number of hydrogen-bond acceptors (Lipinski definition) is 5. The Morgan fingerprint density at radius 3 is 2.61 bits per heavy atom. The number of rotatable bonds is 6. The highest BCUT2D eigenvalue weighted by Gasteiger charge is 2.14. The molecule has 0 spiro atoms. The molecular weight excluding hydrogens is 396 g/mol. The SMILES string of the molecule is Cc1cc(CO)c2cccc(Cc3cccc(NC(=O)c4cc(C(=O)O)[nH]n4)c3)c2n1. The number of benzene rings is 2. The van der Waals surface area contributed by atoms with E-state index in [2.05, 4.69) is 20.5 Å². The molecule has 2 aromatic carbocycles. The fraction of sp³-hybridized carbons (Fsp3) is 0.130. The molecule has 0 aliphatic carbocycles. The number of nitrogens with zero attached hydrogens (tertiary/aromatic N) is 2. The number of aromatic amines is 1. The Bertz CT molecular complexity index is 1300. The van der Waals surface area contributed by atoms with Crippen LogP contribution in [0.25, 0.3) is 10.9 Å². The van der Waals surface area contributed by atoms with E-state index in [9.17, 15) is 14.7 Å². The highest BCUT2D eigenvalue weighted by atomic mass is 16.4. The van der Waals surface area contributed by atoms with Gasteiger partial charge >= 0.3 is 5.97 Å². The summed E-state index contributed by atoms with van der Waals surface area (Å²) in [6.07, 6.45) is 0.591. The molecule has 0 radical (unpaired) electrons. The molecular formula is C23H20N4O4. The summed E-state index contributed by atoms with van der Waals surface area (Å²) < 4.78 is 0. The number of para-hydroxylation sites is 1. The lowest BCUT2D eigenvalue weighted by Crippen LogP contribution is -2.12. The maximum absolute atomic E-state index is 12.4. The average molecular weight is 416 g/mol. The number of H-pyrrole nitrogens is 1. The molecule has 1 amide bonds. The number of nitrogens with one attached hydrogen (secondary N) is 2. The van der Waals surface area contributed by atoms with Crippen molar-refractivity contribution >= 4 is 28.5 Å². The van der Waals surface area contributed by atoms with Crippen LogP contribution in [0.1, 0.15) is 43.4 Å². The van der Waals surface area contributed by atoms with E-state index in [1.54, 1.807) is 6.07 Å². The second kappa shape index (κ2) is 8.37. The van der Waals surface area contributed by atoms with E-state index in [-0.39, 0.29) is 18.0 Å². The van der Waals surface area contributed by atoms with Gasteiger partial charge < -0.3 is 15.5 Å². The Morgan fingerprint density at radius 2 is 1.87 bits per heavy atom. The van der Waals surface area contributed by atoms with Gasteiger partial charge in [0.1, 0.15) is 5.69 Å². The Labute approximate surface area is 177 Å². The molecule has 0 bridgehead atoms. The van der Waals surface area contributed by atoms with Gasteiger partial charge in [0.05, 0.1) is 12.1 Å². The lowest BCUT2D eigenvalue weighted by molar-refractivity contribution is 0.0690. The van der Waals surface area contributed by atoms with Gasteiger partial charge in [-0.15, -0.1) is 0 Å². The Morgan fingerprint density at radius 1 is 1.06 bits per heavy atom. The highest BCUT2D eigenvalue weighted by Crippen LogP contribution is 2.25. The second-order valence-electron chi connectivity index (χ2n) is 7.20. The van der Waals surface area contributed by atoms with Gasteiger partial charge in [0, 0.05) is 22.8 Å². The maximum Gasteiger partial charge on any atom is 0.353 e. The Hall–Kier alpha value is -4.04. The Kier molecular flexibility index (Phi) is 5.46. The summed E-state index contributed by atoms with van der Waals surface area (Å²) in [5.41, 5.74) is 4.91. The minimum absolute atomic E-state index is 0.00642. The summed E-state index contributed by atoms with van der Waals surface area (Å²) in [7, 11) is 0. The van der Waals surface area contributed by atoms with E-state index in [1.807, 2.05) is 49.4 Å². The lowest BCUT2D eigenvalue weighted by Gasteiger charge is -2.11. The van der Waals surface area contributed by atoms with Crippen LogP contribution in [0, 0.1) is 6.92 Å². The van der Waals surface area contributed by atoms with E-state index in [1.165, 1.54) is 6.07 Å². The number of aliphatic hydroxyl groups is 1. The number of amides is 1. The molecule has 8 heteroatoms. The minimum atomic E-state index is -1.18. The average Bonchev–Trinajstić information content (AvgIpc) is 3.25. The summed E-state index contributed by atoms with van der Waals surface area (Å²) in [5, 5.41) is 28.3. The molecule has 0 fully saturated rings. The molecule has 156 valence electrons. The number of fused-ring (bicyclic) bond motifs is 1. The molecule has 0 saturated heterocycles. The third kappa shape index (κ3) is 4.29. The molecule has 8 nitrogen and oxygen atoms in total. The van der Waals surface area contributed by atoms with Gasteiger partial charge in [0.15, 0.2) is 5.69 Å².